The zero-order chi connectivity index (χ0) is 29.0. The van der Waals surface area contributed by atoms with Crippen molar-refractivity contribution in [2.45, 2.75) is 57.8 Å². The molecule has 2 aromatic heterocycles. The van der Waals surface area contributed by atoms with Crippen LogP contribution in [0.2, 0.25) is 0 Å². The average Bonchev–Trinajstić information content (AvgIpc) is 3.73. The maximum Gasteiger partial charge on any atom is 0.0542 e. The van der Waals surface area contributed by atoms with Crippen molar-refractivity contribution in [3.8, 4) is 11.4 Å². The van der Waals surface area contributed by atoms with E-state index in [1.54, 1.807) is 11.1 Å². The van der Waals surface area contributed by atoms with Crippen LogP contribution in [0.5, 0.6) is 0 Å². The molecule has 5 aromatic carbocycles. The molecule has 2 heteroatoms. The van der Waals surface area contributed by atoms with Crippen molar-refractivity contribution >= 4 is 43.6 Å². The third kappa shape index (κ3) is 3.37. The largest absolute Gasteiger partial charge is 0.309 e. The lowest BCUT2D eigenvalue weighted by atomic mass is 9.56. The summed E-state index contributed by atoms with van der Waals surface area (Å²) >= 11 is 0. The molecular formula is C42H38N2. The Morgan fingerprint density at radius 2 is 1.16 bits per heavy atom. The highest BCUT2D eigenvalue weighted by Gasteiger charge is 2.50. The Kier molecular flexibility index (Phi) is 5.19. The summed E-state index contributed by atoms with van der Waals surface area (Å²) in [6.45, 7) is 2.61. The molecule has 3 aliphatic rings. The molecule has 0 amide bonds. The number of nitrogens with zero attached hydrogens (tertiary/aromatic N) is 2. The van der Waals surface area contributed by atoms with Crippen LogP contribution in [0.25, 0.3) is 55.0 Å². The van der Waals surface area contributed by atoms with Crippen LogP contribution in [0.3, 0.4) is 0 Å². The summed E-state index contributed by atoms with van der Waals surface area (Å²) < 4.78 is 4.95. The fourth-order valence-electron chi connectivity index (χ4n) is 10.3. The van der Waals surface area contributed by atoms with E-state index in [0.717, 1.165) is 17.8 Å². The third-order valence-corrected chi connectivity index (χ3v) is 12.2. The quantitative estimate of drug-likeness (QED) is 0.196. The molecule has 0 saturated heterocycles. The summed E-state index contributed by atoms with van der Waals surface area (Å²) in [6.07, 6.45) is 9.76. The lowest BCUT2D eigenvalue weighted by Crippen LogP contribution is -2.39. The van der Waals surface area contributed by atoms with Crippen molar-refractivity contribution in [3.05, 3.63) is 120 Å². The van der Waals surface area contributed by atoms with Gasteiger partial charge in [-0.1, -0.05) is 74.0 Å². The molecule has 0 aliphatic heterocycles. The van der Waals surface area contributed by atoms with Gasteiger partial charge >= 0.3 is 0 Å². The van der Waals surface area contributed by atoms with Gasteiger partial charge in [0.2, 0.25) is 0 Å². The van der Waals surface area contributed by atoms with E-state index in [2.05, 4.69) is 125 Å². The number of fused-ring (bicyclic) bond motifs is 11. The van der Waals surface area contributed by atoms with Crippen molar-refractivity contribution in [1.82, 2.24) is 9.13 Å². The predicted octanol–water partition coefficient (Wildman–Crippen LogP) is 11.1. The normalized spacial score (nSPS) is 24.6. The first-order valence-corrected chi connectivity index (χ1v) is 16.8. The second kappa shape index (κ2) is 9.11. The summed E-state index contributed by atoms with van der Waals surface area (Å²) in [5, 5.41) is 5.23. The lowest BCUT2D eigenvalue weighted by molar-refractivity contribution is 0.0598. The monoisotopic (exact) mass is 570 g/mol. The Balaban J connectivity index is 1.13. The Hall–Kier alpha value is -4.30. The minimum absolute atomic E-state index is 0.611. The Labute approximate surface area is 258 Å². The second-order valence-electron chi connectivity index (χ2n) is 14.3. The van der Waals surface area contributed by atoms with Crippen LogP contribution in [-0.2, 0) is 6.42 Å². The van der Waals surface area contributed by atoms with Crippen LogP contribution in [0.4, 0.5) is 0 Å². The molecule has 216 valence electrons. The van der Waals surface area contributed by atoms with E-state index in [4.69, 9.17) is 0 Å². The van der Waals surface area contributed by atoms with Gasteiger partial charge in [0.15, 0.2) is 0 Å². The first-order valence-electron chi connectivity index (χ1n) is 16.8. The molecule has 2 nitrogen and oxygen atoms in total. The molecule has 2 saturated carbocycles. The molecule has 7 aromatic rings. The fourth-order valence-corrected chi connectivity index (χ4v) is 10.3. The van der Waals surface area contributed by atoms with E-state index in [-0.39, 0.29) is 0 Å². The maximum atomic E-state index is 2.61. The van der Waals surface area contributed by atoms with Gasteiger partial charge in [0.05, 0.1) is 22.1 Å². The molecule has 0 unspecified atom stereocenters. The van der Waals surface area contributed by atoms with Crippen LogP contribution >= 0.6 is 0 Å². The van der Waals surface area contributed by atoms with Gasteiger partial charge in [0.25, 0.3) is 0 Å². The summed E-state index contributed by atoms with van der Waals surface area (Å²) in [5.74, 6) is 2.59. The SMILES string of the molecule is C[C@@]12CCC[C@H]1[C@@H]1CCc3cc(-n4c5ccccc5c5cc(-n6c7ccccc7c7ccccc76)ccc54)ccc3[C@H]1CC2. The summed E-state index contributed by atoms with van der Waals surface area (Å²) in [5.41, 5.74) is 11.5. The van der Waals surface area contributed by atoms with Crippen molar-refractivity contribution < 1.29 is 0 Å². The smallest absolute Gasteiger partial charge is 0.0542 e. The third-order valence-electron chi connectivity index (χ3n) is 12.2. The molecule has 2 heterocycles. The van der Waals surface area contributed by atoms with E-state index >= 15 is 0 Å². The second-order valence-corrected chi connectivity index (χ2v) is 14.3. The highest BCUT2D eigenvalue weighted by Crippen LogP contribution is 2.61. The average molecular weight is 571 g/mol. The van der Waals surface area contributed by atoms with Gasteiger partial charge in [-0.15, -0.1) is 0 Å². The first kappa shape index (κ1) is 25.1. The van der Waals surface area contributed by atoms with Gasteiger partial charge < -0.3 is 9.13 Å². The lowest BCUT2D eigenvalue weighted by Gasteiger charge is -2.49. The van der Waals surface area contributed by atoms with Crippen molar-refractivity contribution in [1.29, 1.82) is 0 Å². The summed E-state index contributed by atoms with van der Waals surface area (Å²) in [7, 11) is 0. The molecule has 0 spiro atoms. The molecular weight excluding hydrogens is 532 g/mol. The van der Waals surface area contributed by atoms with Crippen LogP contribution in [0.1, 0.15) is 62.5 Å². The van der Waals surface area contributed by atoms with Crippen molar-refractivity contribution in [2.24, 2.45) is 17.3 Å². The van der Waals surface area contributed by atoms with Crippen LogP contribution in [-0.4, -0.2) is 9.13 Å². The van der Waals surface area contributed by atoms with Crippen LogP contribution in [0, 0.1) is 17.3 Å². The minimum atomic E-state index is 0.611. The van der Waals surface area contributed by atoms with E-state index < -0.39 is 0 Å². The topological polar surface area (TPSA) is 9.86 Å². The number of benzene rings is 5. The van der Waals surface area contributed by atoms with Gasteiger partial charge in [-0.3, -0.25) is 0 Å². The summed E-state index contributed by atoms with van der Waals surface area (Å²) in [6, 6.07) is 41.1. The predicted molar refractivity (Wildman–Crippen MR) is 184 cm³/mol. The van der Waals surface area contributed by atoms with Crippen LogP contribution < -0.4 is 0 Å². The van der Waals surface area contributed by atoms with E-state index in [1.807, 2.05) is 0 Å². The molecule has 0 bridgehead atoms. The molecule has 4 atom stereocenters. The number of para-hydroxylation sites is 3. The Morgan fingerprint density at radius 1 is 0.568 bits per heavy atom. The number of rotatable bonds is 2. The minimum Gasteiger partial charge on any atom is -0.309 e. The molecule has 10 rings (SSSR count). The zero-order valence-electron chi connectivity index (χ0n) is 25.5. The molecule has 3 aliphatic carbocycles. The van der Waals surface area contributed by atoms with Gasteiger partial charge in [0.1, 0.15) is 0 Å². The van der Waals surface area contributed by atoms with Crippen molar-refractivity contribution in [3.63, 3.8) is 0 Å². The Morgan fingerprint density at radius 3 is 1.86 bits per heavy atom. The van der Waals surface area contributed by atoms with E-state index in [9.17, 15) is 0 Å². The van der Waals surface area contributed by atoms with E-state index in [1.165, 1.54) is 99.9 Å². The maximum absolute atomic E-state index is 2.61. The standard InChI is InChI=1S/C42H38N2/c1-42-23-8-12-37(42)32-19-16-27-25-28(17-20-30(27)31(32)22-24-42)43-40-15-7-4-11-35(40)36-26-29(18-21-41(36)43)44-38-13-5-2-9-33(38)34-10-3-6-14-39(34)44/h2-7,9-11,13-15,17-18,20-21,25-26,31-32,37H,8,12,16,19,22-24H2,1H3/t31-,32-,37+,42+/m1/s1. The molecule has 2 fully saturated rings. The van der Waals surface area contributed by atoms with Gasteiger partial charge in [-0.2, -0.15) is 0 Å². The van der Waals surface area contributed by atoms with Crippen molar-refractivity contribution in [2.75, 3.05) is 0 Å². The zero-order valence-corrected chi connectivity index (χ0v) is 25.5. The highest BCUT2D eigenvalue weighted by atomic mass is 15.0. The van der Waals surface area contributed by atoms with E-state index in [0.29, 0.717) is 5.41 Å². The van der Waals surface area contributed by atoms with Gasteiger partial charge in [-0.05, 0) is 121 Å². The first-order chi connectivity index (χ1) is 21.7. The number of aromatic nitrogens is 2. The summed E-state index contributed by atoms with van der Waals surface area (Å²) in [4.78, 5) is 0. The molecule has 0 radical (unpaired) electrons. The molecule has 44 heavy (non-hydrogen) atoms. The number of aryl methyl sites for hydroxylation is 1. The Bertz CT molecular complexity index is 2210. The van der Waals surface area contributed by atoms with Gasteiger partial charge in [-0.25, -0.2) is 0 Å². The highest BCUT2D eigenvalue weighted by molar-refractivity contribution is 6.12. The van der Waals surface area contributed by atoms with Crippen LogP contribution in [0.15, 0.2) is 109 Å². The number of hydrogen-bond acceptors (Lipinski definition) is 0. The fraction of sp³-hybridized carbons (Fsp3) is 0.286. The molecule has 0 N–H and O–H groups in total. The number of hydrogen-bond donors (Lipinski definition) is 0. The van der Waals surface area contributed by atoms with Gasteiger partial charge in [0, 0.05) is 32.9 Å².